The highest BCUT2D eigenvalue weighted by Crippen LogP contribution is 2.25. The molecule has 3 N–H and O–H groups in total. The van der Waals surface area contributed by atoms with Crippen LogP contribution in [0.5, 0.6) is 11.5 Å². The summed E-state index contributed by atoms with van der Waals surface area (Å²) >= 11 is 3.43. The lowest BCUT2D eigenvalue weighted by atomic mass is 10.1. The van der Waals surface area contributed by atoms with Gasteiger partial charge in [0.25, 0.3) is 0 Å². The molecule has 0 aliphatic rings. The minimum Gasteiger partial charge on any atom is -0.496 e. The first-order chi connectivity index (χ1) is 13.1. The molecule has 0 saturated carbocycles. The molecule has 2 rings (SSSR count). The highest BCUT2D eigenvalue weighted by Gasteiger charge is 2.01. The highest BCUT2D eigenvalue weighted by atomic mass is 79.9. The van der Waals surface area contributed by atoms with Gasteiger partial charge in [0, 0.05) is 12.6 Å². The second-order valence-corrected chi connectivity index (χ2v) is 6.76. The molecule has 0 aromatic heterocycles. The fourth-order valence-corrected chi connectivity index (χ4v) is 2.93. The number of nitrogens with one attached hydrogen (secondary N) is 1. The van der Waals surface area contributed by atoms with E-state index in [1.807, 2.05) is 42.5 Å². The number of halogens is 1. The van der Waals surface area contributed by atoms with Gasteiger partial charge in [0.15, 0.2) is 0 Å². The molecule has 0 radical (unpaired) electrons. The fourth-order valence-electron chi connectivity index (χ4n) is 2.37. The van der Waals surface area contributed by atoms with Crippen LogP contribution < -0.4 is 20.5 Å². The molecule has 0 aliphatic carbocycles. The molecule has 6 heteroatoms. The lowest BCUT2D eigenvalue weighted by Gasteiger charge is -2.07. The Balaban J connectivity index is 1.74. The zero-order valence-electron chi connectivity index (χ0n) is 15.4. The van der Waals surface area contributed by atoms with Gasteiger partial charge in [-0.3, -0.25) is 4.79 Å². The van der Waals surface area contributed by atoms with Crippen LogP contribution in [-0.2, 0) is 11.2 Å². The predicted octanol–water partition coefficient (Wildman–Crippen LogP) is 3.56. The lowest BCUT2D eigenvalue weighted by Crippen LogP contribution is -2.23. The Hall–Kier alpha value is -2.31. The van der Waals surface area contributed by atoms with Gasteiger partial charge in [0.2, 0.25) is 5.91 Å². The van der Waals surface area contributed by atoms with E-state index in [1.54, 1.807) is 13.2 Å². The van der Waals surface area contributed by atoms with E-state index in [9.17, 15) is 4.79 Å². The zero-order chi connectivity index (χ0) is 19.5. The molecule has 2 aromatic rings. The Morgan fingerprint density at radius 3 is 2.67 bits per heavy atom. The minimum absolute atomic E-state index is 0.122. The van der Waals surface area contributed by atoms with E-state index in [0.717, 1.165) is 39.9 Å². The molecule has 0 unspecified atom stereocenters. The van der Waals surface area contributed by atoms with Crippen molar-refractivity contribution >= 4 is 27.9 Å². The molecule has 2 aromatic carbocycles. The Morgan fingerprint density at radius 2 is 2.00 bits per heavy atom. The van der Waals surface area contributed by atoms with Crippen molar-refractivity contribution in [2.45, 2.75) is 12.8 Å². The number of amides is 1. The smallest absolute Gasteiger partial charge is 0.244 e. The normalized spacial score (nSPS) is 10.8. The van der Waals surface area contributed by atoms with Gasteiger partial charge in [-0.15, -0.1) is 0 Å². The topological polar surface area (TPSA) is 73.6 Å². The number of hydrogen-bond donors (Lipinski definition) is 2. The second kappa shape index (κ2) is 11.4. The number of ether oxygens (including phenoxy) is 2. The summed E-state index contributed by atoms with van der Waals surface area (Å²) in [5.41, 5.74) is 7.51. The van der Waals surface area contributed by atoms with Crippen molar-refractivity contribution in [2.24, 2.45) is 5.73 Å². The minimum atomic E-state index is -0.122. The highest BCUT2D eigenvalue weighted by molar-refractivity contribution is 9.10. The van der Waals surface area contributed by atoms with Gasteiger partial charge in [-0.2, -0.15) is 0 Å². The molecule has 0 bridgehead atoms. The van der Waals surface area contributed by atoms with Crippen LogP contribution in [0.4, 0.5) is 0 Å². The van der Waals surface area contributed by atoms with E-state index in [0.29, 0.717) is 19.7 Å². The maximum absolute atomic E-state index is 12.0. The van der Waals surface area contributed by atoms with Gasteiger partial charge in [-0.25, -0.2) is 0 Å². The van der Waals surface area contributed by atoms with Crippen LogP contribution in [0.1, 0.15) is 17.5 Å². The van der Waals surface area contributed by atoms with Crippen molar-refractivity contribution in [1.82, 2.24) is 5.32 Å². The summed E-state index contributed by atoms with van der Waals surface area (Å²) in [6, 6.07) is 13.5. The van der Waals surface area contributed by atoms with Crippen LogP contribution in [0.15, 0.2) is 53.0 Å². The monoisotopic (exact) mass is 432 g/mol. The molecule has 27 heavy (non-hydrogen) atoms. The van der Waals surface area contributed by atoms with Gasteiger partial charge in [-0.1, -0.05) is 18.2 Å². The zero-order valence-corrected chi connectivity index (χ0v) is 17.0. The number of hydrogen-bond acceptors (Lipinski definition) is 4. The molecule has 5 nitrogen and oxygen atoms in total. The third-order valence-electron chi connectivity index (χ3n) is 3.86. The van der Waals surface area contributed by atoms with E-state index >= 15 is 0 Å². The molecule has 0 spiro atoms. The quantitative estimate of drug-likeness (QED) is 0.444. The maximum Gasteiger partial charge on any atom is 0.244 e. The van der Waals surface area contributed by atoms with Gasteiger partial charge in [0.1, 0.15) is 11.5 Å². The van der Waals surface area contributed by atoms with Crippen LogP contribution in [0, 0.1) is 0 Å². The van der Waals surface area contributed by atoms with Crippen molar-refractivity contribution in [2.75, 3.05) is 26.8 Å². The summed E-state index contributed by atoms with van der Waals surface area (Å²) < 4.78 is 11.6. The van der Waals surface area contributed by atoms with Crippen LogP contribution in [0.3, 0.4) is 0 Å². The summed E-state index contributed by atoms with van der Waals surface area (Å²) in [4.78, 5) is 12.0. The van der Waals surface area contributed by atoms with Crippen molar-refractivity contribution in [3.8, 4) is 11.5 Å². The summed E-state index contributed by atoms with van der Waals surface area (Å²) in [5.74, 6) is 1.47. The first-order valence-corrected chi connectivity index (χ1v) is 9.63. The Morgan fingerprint density at radius 1 is 1.22 bits per heavy atom. The lowest BCUT2D eigenvalue weighted by molar-refractivity contribution is -0.116. The molecule has 0 atom stereocenters. The van der Waals surface area contributed by atoms with Crippen molar-refractivity contribution in [3.05, 3.63) is 64.1 Å². The number of nitrogens with two attached hydrogens (primary N) is 1. The van der Waals surface area contributed by atoms with E-state index in [4.69, 9.17) is 15.2 Å². The van der Waals surface area contributed by atoms with Crippen LogP contribution in [0.25, 0.3) is 6.08 Å². The van der Waals surface area contributed by atoms with Gasteiger partial charge in [-0.05, 0) is 76.8 Å². The molecule has 0 aliphatic heterocycles. The van der Waals surface area contributed by atoms with Crippen LogP contribution in [-0.4, -0.2) is 32.7 Å². The summed E-state index contributed by atoms with van der Waals surface area (Å²) in [5, 5.41) is 2.89. The molecule has 0 saturated heterocycles. The molecule has 0 fully saturated rings. The number of carbonyl (C=O) groups excluding carboxylic acids is 1. The summed E-state index contributed by atoms with van der Waals surface area (Å²) in [6.07, 6.45) is 4.90. The second-order valence-electron chi connectivity index (χ2n) is 5.90. The van der Waals surface area contributed by atoms with E-state index < -0.39 is 0 Å². The SMILES string of the molecule is COc1ccc(/C=C/C(=O)NCCc2ccc(OCCCN)cc2)cc1Br. The standard InChI is InChI=1S/C21H25BrN2O3/c1-26-20-9-5-17(15-19(20)22)6-10-21(25)24-13-11-16-3-7-18(8-4-16)27-14-2-12-23/h3-10,15H,2,11-14,23H2,1H3,(H,24,25)/b10-6+. The Labute approximate surface area is 168 Å². The summed E-state index contributed by atoms with van der Waals surface area (Å²) in [6.45, 7) is 1.83. The molecule has 1 amide bonds. The first kappa shape index (κ1) is 21.0. The van der Waals surface area contributed by atoms with Crippen molar-refractivity contribution in [1.29, 1.82) is 0 Å². The van der Waals surface area contributed by atoms with Crippen LogP contribution in [0.2, 0.25) is 0 Å². The molecule has 0 heterocycles. The third-order valence-corrected chi connectivity index (χ3v) is 4.48. The van der Waals surface area contributed by atoms with E-state index in [1.165, 1.54) is 6.08 Å². The summed E-state index contributed by atoms with van der Waals surface area (Å²) in [7, 11) is 1.62. The maximum atomic E-state index is 12.0. The predicted molar refractivity (Wildman–Crippen MR) is 112 cm³/mol. The number of rotatable bonds is 10. The van der Waals surface area contributed by atoms with Gasteiger partial charge in [0.05, 0.1) is 18.2 Å². The van der Waals surface area contributed by atoms with Gasteiger partial charge < -0.3 is 20.5 Å². The molecular weight excluding hydrogens is 408 g/mol. The molecule has 144 valence electrons. The van der Waals surface area contributed by atoms with Crippen molar-refractivity contribution in [3.63, 3.8) is 0 Å². The first-order valence-electron chi connectivity index (χ1n) is 8.83. The number of carbonyl (C=O) groups is 1. The average molecular weight is 433 g/mol. The number of benzene rings is 2. The van der Waals surface area contributed by atoms with Gasteiger partial charge >= 0.3 is 0 Å². The third kappa shape index (κ3) is 7.45. The largest absolute Gasteiger partial charge is 0.496 e. The average Bonchev–Trinajstić information content (AvgIpc) is 2.68. The van der Waals surface area contributed by atoms with Crippen molar-refractivity contribution < 1.29 is 14.3 Å². The Bertz CT molecular complexity index is 761. The fraction of sp³-hybridized carbons (Fsp3) is 0.286. The molecular formula is C21H25BrN2O3. The van der Waals surface area contributed by atoms with E-state index in [-0.39, 0.29) is 5.91 Å². The van der Waals surface area contributed by atoms with E-state index in [2.05, 4.69) is 21.2 Å². The Kier molecular flexibility index (Phi) is 8.87. The number of methoxy groups -OCH3 is 1. The van der Waals surface area contributed by atoms with Crippen LogP contribution >= 0.6 is 15.9 Å².